The summed E-state index contributed by atoms with van der Waals surface area (Å²) in [5.41, 5.74) is 1.04. The molecule has 1 aromatic carbocycles. The van der Waals surface area contributed by atoms with Crippen LogP contribution in [0.15, 0.2) is 18.2 Å². The molecule has 0 saturated heterocycles. The SMILES string of the molecule is COc1cccc2c1OC(=O)CC2. The zero-order valence-electron chi connectivity index (χ0n) is 7.37. The lowest BCUT2D eigenvalue weighted by Crippen LogP contribution is -2.16. The summed E-state index contributed by atoms with van der Waals surface area (Å²) in [6, 6.07) is 5.64. The standard InChI is InChI=1S/C10H10O3/c1-12-8-4-2-3-7-5-6-9(11)13-10(7)8/h2-4H,5-6H2,1H3. The first-order chi connectivity index (χ1) is 6.31. The molecule has 0 atom stereocenters. The van der Waals surface area contributed by atoms with Crippen LogP contribution in [-0.4, -0.2) is 13.1 Å². The molecule has 0 N–H and O–H groups in total. The third-order valence-electron chi connectivity index (χ3n) is 2.09. The van der Waals surface area contributed by atoms with Crippen molar-refractivity contribution < 1.29 is 14.3 Å². The van der Waals surface area contributed by atoms with Crippen molar-refractivity contribution in [3.63, 3.8) is 0 Å². The normalized spacial score (nSPS) is 14.7. The Kier molecular flexibility index (Phi) is 1.93. The van der Waals surface area contributed by atoms with Gasteiger partial charge in [0.15, 0.2) is 11.5 Å². The topological polar surface area (TPSA) is 35.5 Å². The van der Waals surface area contributed by atoms with Gasteiger partial charge in [-0.1, -0.05) is 12.1 Å². The molecule has 1 aliphatic rings. The van der Waals surface area contributed by atoms with E-state index in [4.69, 9.17) is 9.47 Å². The van der Waals surface area contributed by atoms with Crippen molar-refractivity contribution in [3.05, 3.63) is 23.8 Å². The summed E-state index contributed by atoms with van der Waals surface area (Å²) >= 11 is 0. The summed E-state index contributed by atoms with van der Waals surface area (Å²) in [5, 5.41) is 0. The van der Waals surface area contributed by atoms with Gasteiger partial charge < -0.3 is 9.47 Å². The molecule has 0 bridgehead atoms. The highest BCUT2D eigenvalue weighted by Crippen LogP contribution is 2.34. The fraction of sp³-hybridized carbons (Fsp3) is 0.300. The number of aryl methyl sites for hydroxylation is 1. The Balaban J connectivity index is 2.46. The monoisotopic (exact) mass is 178 g/mol. The van der Waals surface area contributed by atoms with Crippen LogP contribution in [-0.2, 0) is 11.2 Å². The van der Waals surface area contributed by atoms with Crippen molar-refractivity contribution in [1.82, 2.24) is 0 Å². The van der Waals surface area contributed by atoms with Gasteiger partial charge in [0.1, 0.15) is 0 Å². The first kappa shape index (κ1) is 8.10. The van der Waals surface area contributed by atoms with E-state index in [-0.39, 0.29) is 5.97 Å². The number of carbonyl (C=O) groups is 1. The molecule has 0 fully saturated rings. The average Bonchev–Trinajstić information content (AvgIpc) is 2.17. The van der Waals surface area contributed by atoms with Crippen LogP contribution >= 0.6 is 0 Å². The van der Waals surface area contributed by atoms with Gasteiger partial charge in [-0.2, -0.15) is 0 Å². The highest BCUT2D eigenvalue weighted by Gasteiger charge is 2.20. The number of rotatable bonds is 1. The lowest BCUT2D eigenvalue weighted by Gasteiger charge is -2.17. The van der Waals surface area contributed by atoms with Crippen LogP contribution in [0, 0.1) is 0 Å². The smallest absolute Gasteiger partial charge is 0.311 e. The highest BCUT2D eigenvalue weighted by molar-refractivity contribution is 5.76. The van der Waals surface area contributed by atoms with E-state index in [0.29, 0.717) is 17.9 Å². The molecule has 0 aromatic heterocycles. The van der Waals surface area contributed by atoms with Crippen LogP contribution in [0.3, 0.4) is 0 Å². The predicted molar refractivity (Wildman–Crippen MR) is 47.0 cm³/mol. The number of hydrogen-bond donors (Lipinski definition) is 0. The number of ether oxygens (including phenoxy) is 2. The minimum atomic E-state index is -0.183. The maximum absolute atomic E-state index is 11.0. The van der Waals surface area contributed by atoms with E-state index in [0.717, 1.165) is 12.0 Å². The number of methoxy groups -OCH3 is 1. The van der Waals surface area contributed by atoms with Crippen LogP contribution in [0.1, 0.15) is 12.0 Å². The average molecular weight is 178 g/mol. The minimum Gasteiger partial charge on any atom is -0.493 e. The molecule has 0 spiro atoms. The second-order valence-corrected chi connectivity index (χ2v) is 2.92. The lowest BCUT2D eigenvalue weighted by molar-refractivity contribution is -0.135. The largest absolute Gasteiger partial charge is 0.493 e. The number of para-hydroxylation sites is 1. The van der Waals surface area contributed by atoms with Gasteiger partial charge in [-0.25, -0.2) is 0 Å². The molecule has 0 aliphatic carbocycles. The second kappa shape index (κ2) is 3.09. The third kappa shape index (κ3) is 1.37. The summed E-state index contributed by atoms with van der Waals surface area (Å²) < 4.78 is 10.2. The molecular weight excluding hydrogens is 168 g/mol. The van der Waals surface area contributed by atoms with E-state index >= 15 is 0 Å². The summed E-state index contributed by atoms with van der Waals surface area (Å²) in [7, 11) is 1.57. The number of carbonyl (C=O) groups excluding carboxylic acids is 1. The number of hydrogen-bond acceptors (Lipinski definition) is 3. The van der Waals surface area contributed by atoms with Crippen LogP contribution in [0.5, 0.6) is 11.5 Å². The first-order valence-corrected chi connectivity index (χ1v) is 4.18. The van der Waals surface area contributed by atoms with Crippen molar-refractivity contribution in [1.29, 1.82) is 0 Å². The fourth-order valence-corrected chi connectivity index (χ4v) is 1.44. The quantitative estimate of drug-likeness (QED) is 0.483. The van der Waals surface area contributed by atoms with Crippen molar-refractivity contribution in [2.75, 3.05) is 7.11 Å². The molecule has 3 nitrogen and oxygen atoms in total. The van der Waals surface area contributed by atoms with Gasteiger partial charge in [0.05, 0.1) is 13.5 Å². The first-order valence-electron chi connectivity index (χ1n) is 4.18. The van der Waals surface area contributed by atoms with Gasteiger partial charge >= 0.3 is 5.97 Å². The van der Waals surface area contributed by atoms with Crippen LogP contribution < -0.4 is 9.47 Å². The Bertz CT molecular complexity index is 330. The number of benzene rings is 1. The Morgan fingerprint density at radius 3 is 3.00 bits per heavy atom. The fourth-order valence-electron chi connectivity index (χ4n) is 1.44. The summed E-state index contributed by atoms with van der Waals surface area (Å²) in [5.74, 6) is 1.03. The molecule has 0 saturated carbocycles. The van der Waals surface area contributed by atoms with Gasteiger partial charge in [-0.3, -0.25) is 4.79 Å². The highest BCUT2D eigenvalue weighted by atomic mass is 16.6. The van der Waals surface area contributed by atoms with Crippen LogP contribution in [0.4, 0.5) is 0 Å². The van der Waals surface area contributed by atoms with Gasteiger partial charge in [-0.05, 0) is 18.1 Å². The number of fused-ring (bicyclic) bond motifs is 1. The van der Waals surface area contributed by atoms with Gasteiger partial charge in [-0.15, -0.1) is 0 Å². The molecule has 1 heterocycles. The Labute approximate surface area is 76.3 Å². The van der Waals surface area contributed by atoms with E-state index in [2.05, 4.69) is 0 Å². The zero-order valence-corrected chi connectivity index (χ0v) is 7.37. The third-order valence-corrected chi connectivity index (χ3v) is 2.09. The molecular formula is C10H10O3. The lowest BCUT2D eigenvalue weighted by atomic mass is 10.1. The van der Waals surface area contributed by atoms with E-state index in [1.165, 1.54) is 0 Å². The van der Waals surface area contributed by atoms with E-state index in [1.807, 2.05) is 12.1 Å². The summed E-state index contributed by atoms with van der Waals surface area (Å²) in [6.07, 6.45) is 1.20. The minimum absolute atomic E-state index is 0.183. The predicted octanol–water partition coefficient (Wildman–Crippen LogP) is 1.55. The van der Waals surface area contributed by atoms with Gasteiger partial charge in [0.25, 0.3) is 0 Å². The molecule has 13 heavy (non-hydrogen) atoms. The second-order valence-electron chi connectivity index (χ2n) is 2.92. The maximum Gasteiger partial charge on any atom is 0.311 e. The molecule has 68 valence electrons. The van der Waals surface area contributed by atoms with Crippen molar-refractivity contribution in [2.45, 2.75) is 12.8 Å². The van der Waals surface area contributed by atoms with Crippen LogP contribution in [0.2, 0.25) is 0 Å². The van der Waals surface area contributed by atoms with E-state index < -0.39 is 0 Å². The molecule has 3 heteroatoms. The molecule has 1 aromatic rings. The van der Waals surface area contributed by atoms with Crippen LogP contribution in [0.25, 0.3) is 0 Å². The van der Waals surface area contributed by atoms with Crippen molar-refractivity contribution in [2.24, 2.45) is 0 Å². The van der Waals surface area contributed by atoms with E-state index in [9.17, 15) is 4.79 Å². The summed E-state index contributed by atoms with van der Waals surface area (Å²) in [4.78, 5) is 11.0. The number of esters is 1. The molecule has 0 unspecified atom stereocenters. The van der Waals surface area contributed by atoms with Crippen molar-refractivity contribution >= 4 is 5.97 Å². The Morgan fingerprint density at radius 2 is 2.23 bits per heavy atom. The van der Waals surface area contributed by atoms with Gasteiger partial charge in [0, 0.05) is 0 Å². The maximum atomic E-state index is 11.0. The van der Waals surface area contributed by atoms with Crippen molar-refractivity contribution in [3.8, 4) is 11.5 Å². The Hall–Kier alpha value is -1.51. The Morgan fingerprint density at radius 1 is 1.38 bits per heavy atom. The van der Waals surface area contributed by atoms with Gasteiger partial charge in [0.2, 0.25) is 0 Å². The molecule has 1 aliphatic heterocycles. The molecule has 0 amide bonds. The van der Waals surface area contributed by atoms with E-state index in [1.54, 1.807) is 13.2 Å². The molecule has 0 radical (unpaired) electrons. The summed E-state index contributed by atoms with van der Waals surface area (Å²) in [6.45, 7) is 0. The zero-order chi connectivity index (χ0) is 9.26. The molecule has 2 rings (SSSR count).